The summed E-state index contributed by atoms with van der Waals surface area (Å²) < 4.78 is 32.2. The van der Waals surface area contributed by atoms with Gasteiger partial charge in [0, 0.05) is 24.7 Å². The summed E-state index contributed by atoms with van der Waals surface area (Å²) in [6, 6.07) is 10.5. The number of unbranched alkanes of at least 4 members (excludes halogenated alkanes) is 2. The molecule has 3 rings (SSSR count). The Labute approximate surface area is 180 Å². The second-order valence-electron chi connectivity index (χ2n) is 7.66. The van der Waals surface area contributed by atoms with Crippen molar-refractivity contribution in [3.05, 3.63) is 65.5 Å². The maximum Gasteiger partial charge on any atom is 0.352 e. The monoisotopic (exact) mass is 430 g/mol. The SMILES string of the molecule is CCCCc1nc(C(F)(F)CCCC)nn1Cc1ccc(-n2cccc2C(=O)O)cc1. The van der Waals surface area contributed by atoms with E-state index in [-0.39, 0.29) is 12.1 Å². The van der Waals surface area contributed by atoms with Crippen LogP contribution in [0.3, 0.4) is 0 Å². The summed E-state index contributed by atoms with van der Waals surface area (Å²) in [5, 5.41) is 13.5. The van der Waals surface area contributed by atoms with Crippen molar-refractivity contribution in [3.8, 4) is 5.69 Å². The van der Waals surface area contributed by atoms with Crippen molar-refractivity contribution in [1.82, 2.24) is 19.3 Å². The molecule has 166 valence electrons. The minimum Gasteiger partial charge on any atom is -0.477 e. The Morgan fingerprint density at radius 3 is 2.45 bits per heavy atom. The van der Waals surface area contributed by atoms with Gasteiger partial charge in [-0.3, -0.25) is 0 Å². The minimum absolute atomic E-state index is 0.171. The lowest BCUT2D eigenvalue weighted by molar-refractivity contribution is -0.0245. The molecule has 0 saturated heterocycles. The largest absolute Gasteiger partial charge is 0.477 e. The van der Waals surface area contributed by atoms with Gasteiger partial charge < -0.3 is 9.67 Å². The van der Waals surface area contributed by atoms with Gasteiger partial charge in [0.1, 0.15) is 11.5 Å². The van der Waals surface area contributed by atoms with Crippen molar-refractivity contribution in [3.63, 3.8) is 0 Å². The Morgan fingerprint density at radius 2 is 1.81 bits per heavy atom. The summed E-state index contributed by atoms with van der Waals surface area (Å²) in [6.45, 7) is 4.25. The highest BCUT2D eigenvalue weighted by Gasteiger charge is 2.36. The first-order valence-corrected chi connectivity index (χ1v) is 10.7. The number of aryl methyl sites for hydroxylation is 1. The van der Waals surface area contributed by atoms with Crippen LogP contribution in [0.1, 0.15) is 73.7 Å². The number of carboxylic acid groups (broad SMARTS) is 1. The first-order chi connectivity index (χ1) is 14.9. The Hall–Kier alpha value is -3.03. The van der Waals surface area contributed by atoms with Crippen LogP contribution in [0.4, 0.5) is 8.78 Å². The van der Waals surface area contributed by atoms with E-state index in [9.17, 15) is 18.7 Å². The highest BCUT2D eigenvalue weighted by Crippen LogP contribution is 2.31. The van der Waals surface area contributed by atoms with E-state index in [2.05, 4.69) is 10.1 Å². The van der Waals surface area contributed by atoms with E-state index in [0.29, 0.717) is 37.3 Å². The molecular formula is C23H28F2N4O2. The molecule has 0 amide bonds. The number of nitrogens with zero attached hydrogens (tertiary/aromatic N) is 4. The zero-order valence-corrected chi connectivity index (χ0v) is 17.9. The first-order valence-electron chi connectivity index (χ1n) is 10.7. The molecule has 6 nitrogen and oxygen atoms in total. The summed E-state index contributed by atoms with van der Waals surface area (Å²) >= 11 is 0. The Bertz CT molecular complexity index is 1010. The number of aromatic carboxylic acids is 1. The number of rotatable bonds is 11. The first kappa shape index (κ1) is 22.7. The zero-order valence-electron chi connectivity index (χ0n) is 17.9. The molecule has 0 aliphatic carbocycles. The minimum atomic E-state index is -3.03. The van der Waals surface area contributed by atoms with E-state index >= 15 is 0 Å². The number of alkyl halides is 2. The summed E-state index contributed by atoms with van der Waals surface area (Å²) in [4.78, 5) is 15.5. The molecule has 0 saturated carbocycles. The fourth-order valence-electron chi connectivity index (χ4n) is 3.40. The summed E-state index contributed by atoms with van der Waals surface area (Å²) in [6.07, 6.45) is 4.93. The molecule has 1 aromatic carbocycles. The average molecular weight is 430 g/mol. The molecule has 0 spiro atoms. The van der Waals surface area contributed by atoms with Crippen LogP contribution in [-0.4, -0.2) is 30.4 Å². The van der Waals surface area contributed by atoms with E-state index in [1.54, 1.807) is 33.6 Å². The smallest absolute Gasteiger partial charge is 0.352 e. The van der Waals surface area contributed by atoms with Gasteiger partial charge in [0.15, 0.2) is 0 Å². The third kappa shape index (κ3) is 5.37. The Morgan fingerprint density at radius 1 is 1.10 bits per heavy atom. The summed E-state index contributed by atoms with van der Waals surface area (Å²) in [7, 11) is 0. The van der Waals surface area contributed by atoms with Crippen molar-refractivity contribution < 1.29 is 18.7 Å². The number of hydrogen-bond donors (Lipinski definition) is 1. The maximum atomic E-state index is 14.5. The standard InChI is InChI=1S/C23H28F2N4O2/c1-3-5-9-20-26-22(23(24,25)14-6-4-2)27-29(20)16-17-10-12-18(13-11-17)28-15-7-8-19(28)21(30)31/h7-8,10-13,15H,3-6,9,14,16H2,1-2H3,(H,30,31). The molecule has 31 heavy (non-hydrogen) atoms. The molecule has 0 radical (unpaired) electrons. The van der Waals surface area contributed by atoms with E-state index in [0.717, 1.165) is 18.4 Å². The third-order valence-corrected chi connectivity index (χ3v) is 5.19. The lowest BCUT2D eigenvalue weighted by atomic mass is 10.1. The highest BCUT2D eigenvalue weighted by molar-refractivity contribution is 5.86. The number of carboxylic acids is 1. The predicted octanol–water partition coefficient (Wildman–Crippen LogP) is 5.44. The number of halogens is 2. The highest BCUT2D eigenvalue weighted by atomic mass is 19.3. The van der Waals surface area contributed by atoms with E-state index in [4.69, 9.17) is 0 Å². The number of hydrogen-bond acceptors (Lipinski definition) is 3. The van der Waals surface area contributed by atoms with Crippen LogP contribution in [0.15, 0.2) is 42.6 Å². The van der Waals surface area contributed by atoms with Gasteiger partial charge in [0.2, 0.25) is 5.82 Å². The molecule has 0 atom stereocenters. The Balaban J connectivity index is 1.83. The van der Waals surface area contributed by atoms with Crippen molar-refractivity contribution in [2.24, 2.45) is 0 Å². The zero-order chi connectivity index (χ0) is 22.4. The molecule has 8 heteroatoms. The quantitative estimate of drug-likeness (QED) is 0.440. The second-order valence-corrected chi connectivity index (χ2v) is 7.66. The summed E-state index contributed by atoms with van der Waals surface area (Å²) in [5.41, 5.74) is 1.76. The van der Waals surface area contributed by atoms with E-state index in [1.165, 1.54) is 6.07 Å². The molecule has 0 aliphatic heterocycles. The van der Waals surface area contributed by atoms with Crippen LogP contribution in [0, 0.1) is 0 Å². The van der Waals surface area contributed by atoms with E-state index < -0.39 is 17.7 Å². The van der Waals surface area contributed by atoms with Crippen molar-refractivity contribution >= 4 is 5.97 Å². The van der Waals surface area contributed by atoms with Gasteiger partial charge in [-0.15, -0.1) is 5.10 Å². The van der Waals surface area contributed by atoms with Gasteiger partial charge in [-0.1, -0.05) is 38.8 Å². The van der Waals surface area contributed by atoms with Gasteiger partial charge in [-0.05, 0) is 42.7 Å². The van der Waals surface area contributed by atoms with Crippen LogP contribution in [0.25, 0.3) is 5.69 Å². The molecule has 0 bridgehead atoms. The molecular weight excluding hydrogens is 402 g/mol. The predicted molar refractivity (Wildman–Crippen MR) is 114 cm³/mol. The van der Waals surface area contributed by atoms with Gasteiger partial charge in [0.05, 0.1) is 6.54 Å². The van der Waals surface area contributed by atoms with Crippen LogP contribution in [-0.2, 0) is 18.9 Å². The molecule has 2 heterocycles. The van der Waals surface area contributed by atoms with Gasteiger partial charge >= 0.3 is 11.9 Å². The number of benzene rings is 1. The maximum absolute atomic E-state index is 14.5. The van der Waals surface area contributed by atoms with Crippen molar-refractivity contribution in [1.29, 1.82) is 0 Å². The topological polar surface area (TPSA) is 72.9 Å². The fourth-order valence-corrected chi connectivity index (χ4v) is 3.40. The lowest BCUT2D eigenvalue weighted by Crippen LogP contribution is -2.16. The molecule has 0 unspecified atom stereocenters. The second kappa shape index (κ2) is 9.85. The number of carbonyl (C=O) groups is 1. The molecule has 3 aromatic rings. The number of aromatic nitrogens is 4. The molecule has 1 N–H and O–H groups in total. The molecule has 0 fully saturated rings. The third-order valence-electron chi connectivity index (χ3n) is 5.19. The van der Waals surface area contributed by atoms with Crippen LogP contribution in [0.5, 0.6) is 0 Å². The average Bonchev–Trinajstić information content (AvgIpc) is 3.39. The van der Waals surface area contributed by atoms with Crippen molar-refractivity contribution in [2.45, 2.75) is 64.8 Å². The van der Waals surface area contributed by atoms with Crippen LogP contribution in [0.2, 0.25) is 0 Å². The van der Waals surface area contributed by atoms with Gasteiger partial charge in [0.25, 0.3) is 0 Å². The Kier molecular flexibility index (Phi) is 7.20. The molecule has 0 aliphatic rings. The van der Waals surface area contributed by atoms with Gasteiger partial charge in [-0.2, -0.15) is 8.78 Å². The molecule has 2 aromatic heterocycles. The van der Waals surface area contributed by atoms with Crippen LogP contribution < -0.4 is 0 Å². The van der Waals surface area contributed by atoms with Crippen LogP contribution >= 0.6 is 0 Å². The van der Waals surface area contributed by atoms with Gasteiger partial charge in [-0.25, -0.2) is 14.5 Å². The van der Waals surface area contributed by atoms with Crippen molar-refractivity contribution in [2.75, 3.05) is 0 Å². The fraction of sp³-hybridized carbons (Fsp3) is 0.435. The van der Waals surface area contributed by atoms with E-state index in [1.807, 2.05) is 26.0 Å². The summed E-state index contributed by atoms with van der Waals surface area (Å²) in [5.74, 6) is -3.88. The lowest BCUT2D eigenvalue weighted by Gasteiger charge is -2.11. The normalized spacial score (nSPS) is 11.7.